The van der Waals surface area contributed by atoms with Crippen molar-refractivity contribution in [3.05, 3.63) is 42.0 Å². The summed E-state index contributed by atoms with van der Waals surface area (Å²) in [6.07, 6.45) is -0.505. The van der Waals surface area contributed by atoms with Crippen molar-refractivity contribution in [1.82, 2.24) is 4.48 Å². The minimum Gasteiger partial charge on any atom is -0.332 e. The number of rotatable bonds is 1. The van der Waals surface area contributed by atoms with Crippen molar-refractivity contribution in [2.75, 3.05) is 21.2 Å². The van der Waals surface area contributed by atoms with Gasteiger partial charge in [0.15, 0.2) is 0 Å². The topological polar surface area (TPSA) is 9.23 Å². The minimum absolute atomic E-state index is 0.162. The number of quaternary nitrogens is 1. The molecule has 0 aromatic heterocycles. The molecule has 2 heteroatoms. The van der Waals surface area contributed by atoms with Gasteiger partial charge >= 0.3 is 0 Å². The van der Waals surface area contributed by atoms with Crippen molar-refractivity contribution in [1.29, 1.82) is 0 Å². The molecule has 0 fully saturated rings. The zero-order valence-corrected chi connectivity index (χ0v) is 10.5. The molecule has 0 saturated carbocycles. The first-order chi connectivity index (χ1) is 8.57. The average molecular weight is 229 g/mol. The summed E-state index contributed by atoms with van der Waals surface area (Å²) < 4.78 is 14.6. The summed E-state index contributed by atoms with van der Waals surface area (Å²) in [4.78, 5) is 0. The molecule has 0 radical (unpaired) electrons. The molecule has 3 rings (SSSR count). The molecule has 0 spiro atoms. The van der Waals surface area contributed by atoms with Crippen LogP contribution in [0.15, 0.2) is 36.4 Å². The lowest BCUT2D eigenvalue weighted by molar-refractivity contribution is -0.000640. The van der Waals surface area contributed by atoms with Crippen molar-refractivity contribution >= 4 is 16.5 Å². The highest BCUT2D eigenvalue weighted by atomic mass is 16.5. The van der Waals surface area contributed by atoms with Gasteiger partial charge in [-0.15, -0.1) is 0 Å². The Hall–Kier alpha value is -1.38. The number of methoxy groups -OCH3 is 1. The largest absolute Gasteiger partial charge is 0.332 e. The van der Waals surface area contributed by atoms with Crippen molar-refractivity contribution in [3.63, 3.8) is 0 Å². The van der Waals surface area contributed by atoms with E-state index in [-0.39, 0.29) is 12.6 Å². The van der Waals surface area contributed by atoms with Gasteiger partial charge in [-0.3, -0.25) is 4.48 Å². The number of nitrogens with zero attached hydrogens (tertiary/aromatic N) is 1. The number of ether oxygens (including phenoxy) is 1. The zero-order valence-electron chi connectivity index (χ0n) is 11.5. The average Bonchev–Trinajstić information content (AvgIpc) is 2.36. The van der Waals surface area contributed by atoms with Crippen LogP contribution in [0.4, 0.5) is 5.69 Å². The molecule has 1 aliphatic heterocycles. The van der Waals surface area contributed by atoms with E-state index in [1.807, 2.05) is 6.07 Å². The van der Waals surface area contributed by atoms with Gasteiger partial charge < -0.3 is 4.74 Å². The second-order valence-electron chi connectivity index (χ2n) is 5.06. The SMILES string of the molecule is [2H][C@H]1c2cccc3cccc(c23)[N+](C)(C)[C@H]1OC. The van der Waals surface area contributed by atoms with E-state index in [9.17, 15) is 0 Å². The van der Waals surface area contributed by atoms with Crippen LogP contribution in [0.2, 0.25) is 0 Å². The van der Waals surface area contributed by atoms with E-state index in [4.69, 9.17) is 6.11 Å². The third kappa shape index (κ3) is 1.41. The standard InChI is InChI=1S/C15H18NO/c1-16(2)13-9-5-7-11-6-4-8-12(15(11)13)10-14(16)17-3/h4-9,14H,10H2,1-3H3/q+1/t14-/m0/s1/i10D/t10-,14-. The lowest BCUT2D eigenvalue weighted by Gasteiger charge is -2.40. The lowest BCUT2D eigenvalue weighted by atomic mass is 9.94. The quantitative estimate of drug-likeness (QED) is 0.683. The third-order valence-electron chi connectivity index (χ3n) is 3.74. The maximum atomic E-state index is 8.46. The predicted molar refractivity (Wildman–Crippen MR) is 72.1 cm³/mol. The molecule has 2 nitrogen and oxygen atoms in total. The molecule has 0 aliphatic carbocycles. The van der Waals surface area contributed by atoms with Gasteiger partial charge in [0.2, 0.25) is 6.23 Å². The lowest BCUT2D eigenvalue weighted by Crippen LogP contribution is -2.54. The number of benzene rings is 2. The molecule has 1 aliphatic rings. The van der Waals surface area contributed by atoms with E-state index in [0.717, 1.165) is 5.56 Å². The second kappa shape index (κ2) is 3.56. The molecule has 2 atom stereocenters. The molecule has 0 unspecified atom stereocenters. The van der Waals surface area contributed by atoms with Crippen LogP contribution in [0, 0.1) is 0 Å². The molecule has 1 heterocycles. The number of hydrogen-bond acceptors (Lipinski definition) is 1. The van der Waals surface area contributed by atoms with Gasteiger partial charge in [-0.25, -0.2) is 0 Å². The summed E-state index contributed by atoms with van der Waals surface area (Å²) in [6.45, 7) is 0. The summed E-state index contributed by atoms with van der Waals surface area (Å²) in [5.41, 5.74) is 2.31. The summed E-state index contributed by atoms with van der Waals surface area (Å²) in [6, 6.07) is 12.5. The van der Waals surface area contributed by atoms with Crippen molar-refractivity contribution in [3.8, 4) is 0 Å². The Morgan fingerprint density at radius 3 is 2.65 bits per heavy atom. The Morgan fingerprint density at radius 1 is 1.24 bits per heavy atom. The normalized spacial score (nSPS) is 26.9. The summed E-state index contributed by atoms with van der Waals surface area (Å²) in [7, 11) is 5.92. The summed E-state index contributed by atoms with van der Waals surface area (Å²) >= 11 is 0. The molecule has 17 heavy (non-hydrogen) atoms. The van der Waals surface area contributed by atoms with E-state index in [1.165, 1.54) is 16.5 Å². The fourth-order valence-electron chi connectivity index (χ4n) is 2.78. The van der Waals surface area contributed by atoms with Gasteiger partial charge in [0, 0.05) is 13.9 Å². The van der Waals surface area contributed by atoms with Gasteiger partial charge in [0.25, 0.3) is 0 Å². The van der Waals surface area contributed by atoms with E-state index in [2.05, 4.69) is 44.4 Å². The van der Waals surface area contributed by atoms with Gasteiger partial charge in [0.05, 0.1) is 20.5 Å². The Morgan fingerprint density at radius 2 is 1.94 bits per heavy atom. The first-order valence-electron chi connectivity index (χ1n) is 6.46. The fourth-order valence-corrected chi connectivity index (χ4v) is 2.78. The highest BCUT2D eigenvalue weighted by Crippen LogP contribution is 2.39. The van der Waals surface area contributed by atoms with E-state index >= 15 is 0 Å². The van der Waals surface area contributed by atoms with E-state index < -0.39 is 0 Å². The van der Waals surface area contributed by atoms with E-state index in [1.54, 1.807) is 7.11 Å². The highest BCUT2D eigenvalue weighted by molar-refractivity contribution is 5.97. The predicted octanol–water partition coefficient (Wildman–Crippen LogP) is 2.94. The van der Waals surface area contributed by atoms with Crippen LogP contribution in [-0.4, -0.2) is 27.4 Å². The molecule has 88 valence electrons. The monoisotopic (exact) mass is 229 g/mol. The van der Waals surface area contributed by atoms with Crippen LogP contribution in [-0.2, 0) is 11.1 Å². The van der Waals surface area contributed by atoms with Gasteiger partial charge in [-0.2, -0.15) is 0 Å². The maximum absolute atomic E-state index is 8.46. The summed E-state index contributed by atoms with van der Waals surface area (Å²) in [5.74, 6) is 0. The van der Waals surface area contributed by atoms with Crippen LogP contribution in [0.3, 0.4) is 0 Å². The Bertz CT molecular complexity index is 603. The molecule has 0 bridgehead atoms. The van der Waals surface area contributed by atoms with Crippen LogP contribution in [0.5, 0.6) is 0 Å². The molecular weight excluding hydrogens is 210 g/mol. The maximum Gasteiger partial charge on any atom is 0.201 e. The third-order valence-corrected chi connectivity index (χ3v) is 3.74. The Labute approximate surface area is 103 Å². The smallest absolute Gasteiger partial charge is 0.201 e. The minimum atomic E-state index is -0.344. The first-order valence-corrected chi connectivity index (χ1v) is 5.88. The molecular formula is C15H18NO+. The van der Waals surface area contributed by atoms with Crippen molar-refractivity contribution in [2.24, 2.45) is 0 Å². The van der Waals surface area contributed by atoms with Gasteiger partial charge in [0.1, 0.15) is 5.69 Å². The van der Waals surface area contributed by atoms with Crippen molar-refractivity contribution in [2.45, 2.75) is 12.6 Å². The Kier molecular flexibility index (Phi) is 2.01. The zero-order chi connectivity index (χ0) is 12.9. The molecule has 0 N–H and O–H groups in total. The molecule has 0 amide bonds. The van der Waals surface area contributed by atoms with Crippen LogP contribution >= 0.6 is 0 Å². The number of likely N-dealkylation sites (N-methyl/N-ethyl adjacent to an activating group) is 1. The van der Waals surface area contributed by atoms with Gasteiger partial charge in [-0.05, 0) is 17.0 Å². The molecule has 2 aromatic carbocycles. The fraction of sp³-hybridized carbons (Fsp3) is 0.333. The van der Waals surface area contributed by atoms with Crippen LogP contribution in [0.1, 0.15) is 6.93 Å². The number of hydrogen-bond donors (Lipinski definition) is 0. The van der Waals surface area contributed by atoms with Crippen molar-refractivity contribution < 1.29 is 6.11 Å². The second-order valence-corrected chi connectivity index (χ2v) is 5.06. The highest BCUT2D eigenvalue weighted by Gasteiger charge is 2.37. The van der Waals surface area contributed by atoms with Gasteiger partial charge in [-0.1, -0.05) is 30.3 Å². The van der Waals surface area contributed by atoms with E-state index in [0.29, 0.717) is 4.48 Å². The summed E-state index contributed by atoms with van der Waals surface area (Å²) in [5, 5.41) is 2.43. The Balaban J connectivity index is 2.41. The molecule has 0 saturated heterocycles. The first kappa shape index (κ1) is 9.63. The van der Waals surface area contributed by atoms with Crippen LogP contribution in [0.25, 0.3) is 10.8 Å². The molecule has 2 aromatic rings. The van der Waals surface area contributed by atoms with Crippen LogP contribution < -0.4 is 4.48 Å².